The molecule has 1 heterocycles. The van der Waals surface area contributed by atoms with Crippen molar-refractivity contribution in [1.82, 2.24) is 4.90 Å². The van der Waals surface area contributed by atoms with Crippen molar-refractivity contribution in [2.24, 2.45) is 5.92 Å². The first-order chi connectivity index (χ1) is 9.29. The van der Waals surface area contributed by atoms with Gasteiger partial charge in [0.05, 0.1) is 0 Å². The van der Waals surface area contributed by atoms with Crippen LogP contribution in [0.15, 0.2) is 12.2 Å². The van der Waals surface area contributed by atoms with Crippen LogP contribution in [0.2, 0.25) is 0 Å². The van der Waals surface area contributed by atoms with E-state index in [4.69, 9.17) is 9.78 Å². The third kappa shape index (κ3) is 4.07. The first kappa shape index (κ1) is 18.2. The minimum Gasteiger partial charge on any atom is -0.296 e. The van der Waals surface area contributed by atoms with E-state index in [2.05, 4.69) is 46.2 Å². The van der Waals surface area contributed by atoms with E-state index in [0.29, 0.717) is 11.5 Å². The first-order valence-electron chi connectivity index (χ1n) is 7.59. The van der Waals surface area contributed by atoms with Crippen molar-refractivity contribution in [2.45, 2.75) is 78.0 Å². The molecule has 4 nitrogen and oxygen atoms in total. The van der Waals surface area contributed by atoms with Crippen molar-refractivity contribution in [1.29, 1.82) is 0 Å². The molecule has 1 saturated heterocycles. The number of carbonyl (C=O) groups excluding carboxylic acids is 1. The Morgan fingerprint density at radius 1 is 1.19 bits per heavy atom. The van der Waals surface area contributed by atoms with Gasteiger partial charge in [-0.1, -0.05) is 6.58 Å². The van der Waals surface area contributed by atoms with E-state index in [1.54, 1.807) is 6.92 Å². The molecule has 0 aliphatic carbocycles. The summed E-state index contributed by atoms with van der Waals surface area (Å²) in [7, 11) is 2.17. The molecule has 0 bridgehead atoms. The molecule has 1 fully saturated rings. The lowest BCUT2D eigenvalue weighted by Gasteiger charge is -2.56. The highest BCUT2D eigenvalue weighted by Crippen LogP contribution is 2.45. The fraction of sp³-hybridized carbons (Fsp3) is 0.824. The average molecular weight is 297 g/mol. The summed E-state index contributed by atoms with van der Waals surface area (Å²) < 4.78 is 0. The molecule has 1 aliphatic heterocycles. The van der Waals surface area contributed by atoms with E-state index in [0.717, 1.165) is 12.8 Å². The lowest BCUT2D eigenvalue weighted by molar-refractivity contribution is -0.339. The molecule has 0 amide bonds. The Balaban J connectivity index is 2.83. The second kappa shape index (κ2) is 5.73. The molecule has 0 radical (unpaired) electrons. The number of carbonyl (C=O) groups is 1. The van der Waals surface area contributed by atoms with Crippen LogP contribution in [0.1, 0.15) is 61.3 Å². The zero-order valence-corrected chi connectivity index (χ0v) is 14.9. The maximum Gasteiger partial charge on any atom is 0.368 e. The molecule has 0 aromatic carbocycles. The van der Waals surface area contributed by atoms with Gasteiger partial charge in [-0.15, -0.1) is 0 Å². The maximum atomic E-state index is 11.5. The van der Waals surface area contributed by atoms with E-state index in [1.807, 2.05) is 13.8 Å². The molecule has 0 atom stereocenters. The SMILES string of the molecule is C=C(C)C(=O)OOC(C)(C)C1CC(C)(C)N(C)C(C)(C)C1. The fourth-order valence-corrected chi connectivity index (χ4v) is 3.15. The number of hydrogen-bond acceptors (Lipinski definition) is 4. The molecule has 4 heteroatoms. The van der Waals surface area contributed by atoms with Crippen LogP contribution in [-0.4, -0.2) is 34.6 Å². The summed E-state index contributed by atoms with van der Waals surface area (Å²) in [4.78, 5) is 24.4. The predicted molar refractivity (Wildman–Crippen MR) is 84.7 cm³/mol. The van der Waals surface area contributed by atoms with E-state index >= 15 is 0 Å². The highest BCUT2D eigenvalue weighted by molar-refractivity contribution is 5.86. The monoisotopic (exact) mass is 297 g/mol. The molecule has 0 aromatic rings. The normalized spacial score (nSPS) is 22.9. The van der Waals surface area contributed by atoms with Gasteiger partial charge >= 0.3 is 5.97 Å². The quantitative estimate of drug-likeness (QED) is 0.450. The summed E-state index contributed by atoms with van der Waals surface area (Å²) in [6.45, 7) is 18.1. The molecule has 21 heavy (non-hydrogen) atoms. The van der Waals surface area contributed by atoms with E-state index in [-0.39, 0.29) is 11.1 Å². The van der Waals surface area contributed by atoms with Crippen molar-refractivity contribution in [3.8, 4) is 0 Å². The van der Waals surface area contributed by atoms with E-state index < -0.39 is 11.6 Å². The van der Waals surface area contributed by atoms with Crippen LogP contribution in [0.4, 0.5) is 0 Å². The summed E-state index contributed by atoms with van der Waals surface area (Å²) in [6, 6.07) is 0. The van der Waals surface area contributed by atoms with Crippen LogP contribution in [-0.2, 0) is 14.6 Å². The van der Waals surface area contributed by atoms with Crippen LogP contribution in [0.5, 0.6) is 0 Å². The Hall–Kier alpha value is -0.870. The molecule has 0 N–H and O–H groups in total. The average Bonchev–Trinajstić information content (AvgIpc) is 2.32. The molecule has 0 unspecified atom stereocenters. The molecule has 1 rings (SSSR count). The van der Waals surface area contributed by atoms with Gasteiger partial charge in [0.15, 0.2) is 0 Å². The van der Waals surface area contributed by atoms with Crippen molar-refractivity contribution >= 4 is 5.97 Å². The number of piperidine rings is 1. The van der Waals surface area contributed by atoms with E-state index in [1.165, 1.54) is 0 Å². The van der Waals surface area contributed by atoms with Gasteiger partial charge in [0, 0.05) is 16.7 Å². The first-order valence-corrected chi connectivity index (χ1v) is 7.59. The highest BCUT2D eigenvalue weighted by Gasteiger charge is 2.48. The van der Waals surface area contributed by atoms with Crippen molar-refractivity contribution in [3.05, 3.63) is 12.2 Å². The van der Waals surface area contributed by atoms with Crippen LogP contribution < -0.4 is 0 Å². The minimum atomic E-state index is -0.527. The van der Waals surface area contributed by atoms with Gasteiger partial charge in [-0.05, 0) is 74.3 Å². The Labute approximate surface area is 129 Å². The summed E-state index contributed by atoms with van der Waals surface area (Å²) in [5.74, 6) is -0.203. The van der Waals surface area contributed by atoms with Gasteiger partial charge in [-0.25, -0.2) is 4.79 Å². The smallest absolute Gasteiger partial charge is 0.296 e. The Morgan fingerprint density at radius 3 is 2.00 bits per heavy atom. The van der Waals surface area contributed by atoms with E-state index in [9.17, 15) is 4.79 Å². The summed E-state index contributed by atoms with van der Waals surface area (Å²) in [6.07, 6.45) is 1.98. The number of likely N-dealkylation sites (tertiary alicyclic amines) is 1. The second-order valence-electron chi connectivity index (χ2n) is 8.13. The highest BCUT2D eigenvalue weighted by atomic mass is 17.2. The summed E-state index contributed by atoms with van der Waals surface area (Å²) in [5, 5.41) is 0. The van der Waals surface area contributed by atoms with Crippen molar-refractivity contribution in [2.75, 3.05) is 7.05 Å². The van der Waals surface area contributed by atoms with Gasteiger partial charge in [-0.2, -0.15) is 4.89 Å². The Bertz CT molecular complexity index is 406. The largest absolute Gasteiger partial charge is 0.368 e. The van der Waals surface area contributed by atoms with Crippen LogP contribution in [0, 0.1) is 5.92 Å². The molecule has 0 aromatic heterocycles. The molecule has 0 saturated carbocycles. The fourth-order valence-electron chi connectivity index (χ4n) is 3.15. The zero-order valence-electron chi connectivity index (χ0n) is 14.9. The number of rotatable bonds is 4. The van der Waals surface area contributed by atoms with Crippen LogP contribution >= 0.6 is 0 Å². The van der Waals surface area contributed by atoms with Gasteiger partial charge in [0.1, 0.15) is 5.60 Å². The third-order valence-corrected chi connectivity index (χ3v) is 4.97. The van der Waals surface area contributed by atoms with Crippen molar-refractivity contribution < 1.29 is 14.6 Å². The van der Waals surface area contributed by atoms with Crippen molar-refractivity contribution in [3.63, 3.8) is 0 Å². The standard InChI is InChI=1S/C17H31NO3/c1-12(2)14(19)20-21-17(7,8)13-10-15(3,4)18(9)16(5,6)11-13/h13H,1,10-11H2,2-9H3. The molecular weight excluding hydrogens is 266 g/mol. The molecule has 122 valence electrons. The lowest BCUT2D eigenvalue weighted by atomic mass is 9.68. The van der Waals surface area contributed by atoms with Crippen LogP contribution in [0.25, 0.3) is 0 Å². The molecular formula is C17H31NO3. The topological polar surface area (TPSA) is 38.8 Å². The summed E-state index contributed by atoms with van der Waals surface area (Å²) >= 11 is 0. The van der Waals surface area contributed by atoms with Gasteiger partial charge in [0.2, 0.25) is 0 Å². The zero-order chi connectivity index (χ0) is 16.6. The van der Waals surface area contributed by atoms with Crippen LogP contribution in [0.3, 0.4) is 0 Å². The molecule has 0 spiro atoms. The Kier molecular flexibility index (Phi) is 4.96. The third-order valence-electron chi connectivity index (χ3n) is 4.97. The minimum absolute atomic E-state index is 0.0748. The van der Waals surface area contributed by atoms with Gasteiger partial charge < -0.3 is 0 Å². The number of hydrogen-bond donors (Lipinski definition) is 0. The van der Waals surface area contributed by atoms with Gasteiger partial charge in [-0.3, -0.25) is 9.79 Å². The Morgan fingerprint density at radius 2 is 1.62 bits per heavy atom. The maximum absolute atomic E-state index is 11.5. The molecule has 1 aliphatic rings. The van der Waals surface area contributed by atoms with Gasteiger partial charge in [0.25, 0.3) is 0 Å². The lowest BCUT2D eigenvalue weighted by Crippen LogP contribution is -2.61. The second-order valence-corrected chi connectivity index (χ2v) is 8.13. The predicted octanol–water partition coefficient (Wildman–Crippen LogP) is 3.71. The number of nitrogens with zero attached hydrogens (tertiary/aromatic N) is 1. The summed E-state index contributed by atoms with van der Waals surface area (Å²) in [5.41, 5.74) is -0.0348.